The minimum absolute atomic E-state index is 0.180. The number of hydrogen-bond acceptors (Lipinski definition) is 7. The highest BCUT2D eigenvalue weighted by Gasteiger charge is 2.58. The van der Waals surface area contributed by atoms with Crippen LogP contribution in [0.2, 0.25) is 5.15 Å². The van der Waals surface area contributed by atoms with Crippen LogP contribution in [0.1, 0.15) is 39.7 Å². The molecule has 0 radical (unpaired) electrons. The zero-order chi connectivity index (χ0) is 18.5. The van der Waals surface area contributed by atoms with Crippen LogP contribution >= 0.6 is 23.4 Å². The summed E-state index contributed by atoms with van der Waals surface area (Å²) < 4.78 is 13.8. The molecule has 0 N–H and O–H groups in total. The first-order chi connectivity index (χ1) is 12.4. The third-order valence-corrected chi connectivity index (χ3v) is 5.90. The molecule has 0 bridgehead atoms. The third-order valence-electron chi connectivity index (χ3n) is 4.58. The third kappa shape index (κ3) is 2.95. The molecule has 8 nitrogen and oxygen atoms in total. The Morgan fingerprint density at radius 2 is 2.12 bits per heavy atom. The van der Waals surface area contributed by atoms with Crippen molar-refractivity contribution in [1.29, 1.82) is 0 Å². The van der Waals surface area contributed by atoms with Gasteiger partial charge in [0.25, 0.3) is 6.04 Å². The SMILES string of the molecule is [C-]#[N+][C@H]1C[C@@H](n2nnc3c(Cl)nc(SCCC)nc32)[C@@H]2OC(C)(C)O[C@@H]21. The number of aromatic nitrogens is 5. The molecule has 1 saturated carbocycles. The van der Waals surface area contributed by atoms with Gasteiger partial charge >= 0.3 is 0 Å². The highest BCUT2D eigenvalue weighted by Crippen LogP contribution is 2.45. The second kappa shape index (κ2) is 6.60. The normalized spacial score (nSPS) is 29.8. The molecule has 4 atom stereocenters. The average Bonchev–Trinajstić information content (AvgIpc) is 3.23. The number of fused-ring (bicyclic) bond motifs is 2. The molecule has 0 amide bonds. The number of thioether (sulfide) groups is 1. The van der Waals surface area contributed by atoms with Gasteiger partial charge in [-0.05, 0) is 20.3 Å². The summed E-state index contributed by atoms with van der Waals surface area (Å²) >= 11 is 7.84. The lowest BCUT2D eigenvalue weighted by atomic mass is 10.2. The number of hydrogen-bond donors (Lipinski definition) is 0. The van der Waals surface area contributed by atoms with Crippen molar-refractivity contribution in [3.8, 4) is 0 Å². The standard InChI is InChI=1S/C16H19ClN6O2S/c1-5-6-26-15-19-13(17)10-14(20-15)23(22-21-10)9-7-8(18-4)11-12(9)25-16(2,3)24-11/h8-9,11-12H,5-7H2,1-3H3/t8-,9+,11+,12-/m0/s1. The monoisotopic (exact) mass is 394 g/mol. The Hall–Kier alpha value is -1.47. The van der Waals surface area contributed by atoms with Crippen molar-refractivity contribution in [2.24, 2.45) is 0 Å². The molecule has 0 aromatic carbocycles. The first-order valence-electron chi connectivity index (χ1n) is 8.57. The van der Waals surface area contributed by atoms with Crippen molar-refractivity contribution in [3.63, 3.8) is 0 Å². The number of halogens is 1. The lowest BCUT2D eigenvalue weighted by Gasteiger charge is -2.21. The van der Waals surface area contributed by atoms with E-state index < -0.39 is 5.79 Å². The molecule has 0 unspecified atom stereocenters. The molecule has 2 aromatic heterocycles. The second-order valence-electron chi connectivity index (χ2n) is 6.92. The van der Waals surface area contributed by atoms with Gasteiger partial charge in [0.2, 0.25) is 0 Å². The molecule has 0 spiro atoms. The zero-order valence-electron chi connectivity index (χ0n) is 14.7. The minimum Gasteiger partial charge on any atom is -0.342 e. The second-order valence-corrected chi connectivity index (χ2v) is 8.34. The van der Waals surface area contributed by atoms with Crippen LogP contribution in [0, 0.1) is 6.57 Å². The van der Waals surface area contributed by atoms with E-state index in [1.165, 1.54) is 0 Å². The Bertz CT molecular complexity index is 881. The van der Waals surface area contributed by atoms with Crippen molar-refractivity contribution < 1.29 is 9.47 Å². The molecule has 26 heavy (non-hydrogen) atoms. The molecule has 138 valence electrons. The smallest absolute Gasteiger partial charge is 0.254 e. The summed E-state index contributed by atoms with van der Waals surface area (Å²) in [6.07, 6.45) is 1.04. The van der Waals surface area contributed by atoms with Gasteiger partial charge in [-0.1, -0.05) is 35.5 Å². The fraction of sp³-hybridized carbons (Fsp3) is 0.688. The fourth-order valence-corrected chi connectivity index (χ4v) is 4.50. The van der Waals surface area contributed by atoms with Gasteiger partial charge in [-0.3, -0.25) is 0 Å². The van der Waals surface area contributed by atoms with E-state index in [0.29, 0.717) is 27.9 Å². The van der Waals surface area contributed by atoms with Crippen molar-refractivity contribution in [1.82, 2.24) is 25.0 Å². The van der Waals surface area contributed by atoms with Gasteiger partial charge < -0.3 is 14.3 Å². The molecule has 1 saturated heterocycles. The summed E-state index contributed by atoms with van der Waals surface area (Å²) in [6, 6.07) is -0.460. The van der Waals surface area contributed by atoms with E-state index in [0.717, 1.165) is 12.2 Å². The van der Waals surface area contributed by atoms with Crippen LogP contribution in [0.25, 0.3) is 16.0 Å². The lowest BCUT2D eigenvalue weighted by Crippen LogP contribution is -2.28. The fourth-order valence-electron chi connectivity index (χ4n) is 3.55. The van der Waals surface area contributed by atoms with E-state index in [1.54, 1.807) is 16.4 Å². The van der Waals surface area contributed by atoms with E-state index in [1.807, 2.05) is 13.8 Å². The number of rotatable bonds is 4. The summed E-state index contributed by atoms with van der Waals surface area (Å²) in [5.74, 6) is 0.185. The van der Waals surface area contributed by atoms with Gasteiger partial charge in [0.05, 0.1) is 12.5 Å². The van der Waals surface area contributed by atoms with Crippen LogP contribution in [0.3, 0.4) is 0 Å². The predicted molar refractivity (Wildman–Crippen MR) is 97.0 cm³/mol. The van der Waals surface area contributed by atoms with Crippen LogP contribution in [0.5, 0.6) is 0 Å². The predicted octanol–water partition coefficient (Wildman–Crippen LogP) is 3.13. The van der Waals surface area contributed by atoms with Crippen LogP contribution in [0.15, 0.2) is 5.16 Å². The van der Waals surface area contributed by atoms with E-state index in [2.05, 4.69) is 32.0 Å². The summed E-state index contributed by atoms with van der Waals surface area (Å²) in [5, 5.41) is 9.32. The Balaban J connectivity index is 1.74. The van der Waals surface area contributed by atoms with E-state index in [9.17, 15) is 0 Å². The minimum atomic E-state index is -0.720. The van der Waals surface area contributed by atoms with Crippen molar-refractivity contribution >= 4 is 34.5 Å². The van der Waals surface area contributed by atoms with Gasteiger partial charge in [-0.25, -0.2) is 21.2 Å². The van der Waals surface area contributed by atoms with Crippen LogP contribution in [-0.2, 0) is 9.47 Å². The van der Waals surface area contributed by atoms with Crippen molar-refractivity contribution in [3.05, 3.63) is 16.6 Å². The Labute approximate surface area is 160 Å². The highest BCUT2D eigenvalue weighted by atomic mass is 35.5. The Morgan fingerprint density at radius 3 is 2.85 bits per heavy atom. The molecule has 3 heterocycles. The Kier molecular flexibility index (Phi) is 4.55. The average molecular weight is 395 g/mol. The number of nitrogens with zero attached hydrogens (tertiary/aromatic N) is 6. The molecule has 4 rings (SSSR count). The van der Waals surface area contributed by atoms with Gasteiger partial charge in [0.1, 0.15) is 6.10 Å². The van der Waals surface area contributed by atoms with E-state index in [4.69, 9.17) is 27.6 Å². The van der Waals surface area contributed by atoms with Crippen LogP contribution in [-0.4, -0.2) is 54.8 Å². The van der Waals surface area contributed by atoms with Gasteiger partial charge in [0.15, 0.2) is 33.4 Å². The quantitative estimate of drug-likeness (QED) is 0.341. The summed E-state index contributed by atoms with van der Waals surface area (Å²) in [7, 11) is 0. The van der Waals surface area contributed by atoms with Crippen LogP contribution < -0.4 is 0 Å². The van der Waals surface area contributed by atoms with Crippen molar-refractivity contribution in [2.45, 2.75) is 68.8 Å². The molecule has 10 heteroatoms. The lowest BCUT2D eigenvalue weighted by molar-refractivity contribution is -0.156. The van der Waals surface area contributed by atoms with Gasteiger partial charge in [0, 0.05) is 5.75 Å². The summed E-state index contributed by atoms with van der Waals surface area (Å²) in [4.78, 5) is 12.6. The maximum Gasteiger partial charge on any atom is 0.254 e. The molecule has 1 aliphatic carbocycles. The first kappa shape index (κ1) is 17.9. The molecule has 2 aliphatic rings. The van der Waals surface area contributed by atoms with Gasteiger partial charge in [-0.15, -0.1) is 5.10 Å². The first-order valence-corrected chi connectivity index (χ1v) is 9.93. The van der Waals surface area contributed by atoms with Gasteiger partial charge in [-0.2, -0.15) is 0 Å². The highest BCUT2D eigenvalue weighted by molar-refractivity contribution is 7.99. The zero-order valence-corrected chi connectivity index (χ0v) is 16.3. The number of ether oxygens (including phenoxy) is 2. The maximum absolute atomic E-state index is 7.50. The molecule has 2 fully saturated rings. The molecule has 1 aliphatic heterocycles. The maximum atomic E-state index is 7.50. The van der Waals surface area contributed by atoms with Crippen molar-refractivity contribution in [2.75, 3.05) is 5.75 Å². The van der Waals surface area contributed by atoms with E-state index in [-0.39, 0.29) is 24.3 Å². The summed E-state index contributed by atoms with van der Waals surface area (Å²) in [5.41, 5.74) is 1.04. The van der Waals surface area contributed by atoms with E-state index >= 15 is 0 Å². The Morgan fingerprint density at radius 1 is 1.35 bits per heavy atom. The topological polar surface area (TPSA) is 79.3 Å². The largest absolute Gasteiger partial charge is 0.342 e. The molecular formula is C16H19ClN6O2S. The molecular weight excluding hydrogens is 376 g/mol. The van der Waals surface area contributed by atoms with Crippen LogP contribution in [0.4, 0.5) is 0 Å². The molecule has 2 aromatic rings. The summed E-state index contributed by atoms with van der Waals surface area (Å²) in [6.45, 7) is 13.3.